The van der Waals surface area contributed by atoms with Gasteiger partial charge in [0.2, 0.25) is 0 Å². The zero-order valence-corrected chi connectivity index (χ0v) is 11.8. The second kappa shape index (κ2) is 5.61. The highest BCUT2D eigenvalue weighted by molar-refractivity contribution is 9.09. The van der Waals surface area contributed by atoms with E-state index >= 15 is 0 Å². The topological polar surface area (TPSA) is 18.5 Å². The van der Waals surface area contributed by atoms with Crippen molar-refractivity contribution in [2.45, 2.75) is 25.6 Å². The van der Waals surface area contributed by atoms with Crippen LogP contribution in [0, 0.1) is 5.41 Å². The lowest BCUT2D eigenvalue weighted by Gasteiger charge is -2.39. The fourth-order valence-electron chi connectivity index (χ4n) is 1.97. The van der Waals surface area contributed by atoms with Crippen LogP contribution >= 0.6 is 15.9 Å². The lowest BCUT2D eigenvalue weighted by Crippen LogP contribution is -2.37. The Kier molecular flexibility index (Phi) is 4.28. The molecule has 6 heteroatoms. The summed E-state index contributed by atoms with van der Waals surface area (Å²) in [7, 11) is 0. The Morgan fingerprint density at radius 3 is 2.11 bits per heavy atom. The molecule has 1 aromatic carbocycles. The Bertz CT molecular complexity index is 407. The summed E-state index contributed by atoms with van der Waals surface area (Å²) in [6.45, 7) is 0.581. The van der Waals surface area contributed by atoms with Gasteiger partial charge in [0.05, 0.1) is 6.61 Å². The van der Waals surface area contributed by atoms with Gasteiger partial charge in [-0.25, -0.2) is 0 Å². The van der Waals surface area contributed by atoms with Gasteiger partial charge in [-0.2, -0.15) is 0 Å². The SMILES string of the molecule is FC(F)(F)Oc1ccc(OCC2(CBr)CCC2)cc1. The summed E-state index contributed by atoms with van der Waals surface area (Å²) in [4.78, 5) is 0. The fraction of sp³-hybridized carbons (Fsp3) is 0.538. The molecule has 1 saturated carbocycles. The molecule has 0 unspecified atom stereocenters. The van der Waals surface area contributed by atoms with E-state index in [-0.39, 0.29) is 11.2 Å². The van der Waals surface area contributed by atoms with E-state index in [1.54, 1.807) is 0 Å². The first-order valence-electron chi connectivity index (χ1n) is 5.97. The highest BCUT2D eigenvalue weighted by Gasteiger charge is 2.36. The zero-order chi connectivity index (χ0) is 13.9. The molecule has 1 aliphatic rings. The normalized spacial score (nSPS) is 17.7. The molecule has 0 saturated heterocycles. The lowest BCUT2D eigenvalue weighted by atomic mass is 9.71. The van der Waals surface area contributed by atoms with Gasteiger partial charge in [-0.15, -0.1) is 13.2 Å². The Balaban J connectivity index is 1.88. The van der Waals surface area contributed by atoms with E-state index in [0.29, 0.717) is 12.4 Å². The minimum atomic E-state index is -4.66. The standard InChI is InChI=1S/C13H14BrF3O2/c14-8-12(6-1-7-12)9-18-10-2-4-11(5-3-10)19-13(15,16)17/h2-5H,1,6-9H2. The number of halogens is 4. The van der Waals surface area contributed by atoms with Gasteiger partial charge < -0.3 is 9.47 Å². The molecule has 19 heavy (non-hydrogen) atoms. The van der Waals surface area contributed by atoms with E-state index in [0.717, 1.165) is 18.2 Å². The molecule has 0 spiro atoms. The molecule has 0 heterocycles. The molecule has 2 rings (SSSR count). The van der Waals surface area contributed by atoms with Crippen molar-refractivity contribution in [3.05, 3.63) is 24.3 Å². The van der Waals surface area contributed by atoms with E-state index in [2.05, 4.69) is 20.7 Å². The second-order valence-corrected chi connectivity index (χ2v) is 5.36. The van der Waals surface area contributed by atoms with Crippen LogP contribution in [0.1, 0.15) is 19.3 Å². The Morgan fingerprint density at radius 1 is 1.11 bits per heavy atom. The number of hydrogen-bond acceptors (Lipinski definition) is 2. The lowest BCUT2D eigenvalue weighted by molar-refractivity contribution is -0.274. The molecule has 106 valence electrons. The van der Waals surface area contributed by atoms with Crippen LogP contribution in [0.4, 0.5) is 13.2 Å². The predicted octanol–water partition coefficient (Wildman–Crippen LogP) is 4.53. The molecule has 0 amide bonds. The first-order chi connectivity index (χ1) is 8.92. The monoisotopic (exact) mass is 338 g/mol. The largest absolute Gasteiger partial charge is 0.573 e. The number of ether oxygens (including phenoxy) is 2. The van der Waals surface area contributed by atoms with E-state index in [4.69, 9.17) is 4.74 Å². The number of alkyl halides is 4. The average Bonchev–Trinajstić information content (AvgIpc) is 2.28. The summed E-state index contributed by atoms with van der Waals surface area (Å²) in [6.07, 6.45) is -1.22. The van der Waals surface area contributed by atoms with Gasteiger partial charge in [-0.1, -0.05) is 22.4 Å². The molecule has 0 aromatic heterocycles. The second-order valence-electron chi connectivity index (χ2n) is 4.80. The Labute approximate surface area is 118 Å². The molecule has 0 aliphatic heterocycles. The van der Waals surface area contributed by atoms with Crippen molar-refractivity contribution >= 4 is 15.9 Å². The Morgan fingerprint density at radius 2 is 1.68 bits per heavy atom. The molecule has 0 bridgehead atoms. The summed E-state index contributed by atoms with van der Waals surface area (Å²) >= 11 is 3.48. The van der Waals surface area contributed by atoms with Crippen molar-refractivity contribution in [3.8, 4) is 11.5 Å². The van der Waals surface area contributed by atoms with E-state index in [9.17, 15) is 13.2 Å². The highest BCUT2D eigenvalue weighted by Crippen LogP contribution is 2.42. The van der Waals surface area contributed by atoms with Gasteiger partial charge in [0.15, 0.2) is 0 Å². The zero-order valence-electron chi connectivity index (χ0n) is 10.2. The van der Waals surface area contributed by atoms with Crippen molar-refractivity contribution < 1.29 is 22.6 Å². The van der Waals surface area contributed by atoms with Gasteiger partial charge in [0.1, 0.15) is 11.5 Å². The van der Waals surface area contributed by atoms with Gasteiger partial charge >= 0.3 is 6.36 Å². The van der Waals surface area contributed by atoms with Gasteiger partial charge in [0.25, 0.3) is 0 Å². The fourth-order valence-corrected chi connectivity index (χ4v) is 2.69. The molecule has 2 nitrogen and oxygen atoms in total. The van der Waals surface area contributed by atoms with Gasteiger partial charge in [-0.3, -0.25) is 0 Å². The molecule has 1 aliphatic carbocycles. The molecule has 0 radical (unpaired) electrons. The summed E-state index contributed by atoms with van der Waals surface area (Å²) in [5.41, 5.74) is 0.182. The molecule has 1 fully saturated rings. The number of rotatable bonds is 5. The number of benzene rings is 1. The molecule has 0 atom stereocenters. The van der Waals surface area contributed by atoms with Crippen molar-refractivity contribution in [2.24, 2.45) is 5.41 Å². The van der Waals surface area contributed by atoms with Crippen molar-refractivity contribution in [1.29, 1.82) is 0 Å². The average molecular weight is 339 g/mol. The maximum Gasteiger partial charge on any atom is 0.573 e. The van der Waals surface area contributed by atoms with Crippen LogP contribution in [-0.2, 0) is 0 Å². The first kappa shape index (κ1) is 14.5. The van der Waals surface area contributed by atoms with Crippen LogP contribution in [0.25, 0.3) is 0 Å². The third kappa shape index (κ3) is 4.03. The minimum Gasteiger partial charge on any atom is -0.493 e. The van der Waals surface area contributed by atoms with E-state index < -0.39 is 6.36 Å². The van der Waals surface area contributed by atoms with Crippen molar-refractivity contribution in [2.75, 3.05) is 11.9 Å². The van der Waals surface area contributed by atoms with Crippen LogP contribution in [0.15, 0.2) is 24.3 Å². The van der Waals surface area contributed by atoms with Crippen LogP contribution in [0.5, 0.6) is 11.5 Å². The van der Waals surface area contributed by atoms with Crippen LogP contribution in [-0.4, -0.2) is 18.3 Å². The predicted molar refractivity (Wildman–Crippen MR) is 68.7 cm³/mol. The molecular weight excluding hydrogens is 325 g/mol. The smallest absolute Gasteiger partial charge is 0.493 e. The van der Waals surface area contributed by atoms with Crippen LogP contribution in [0.2, 0.25) is 0 Å². The summed E-state index contributed by atoms with van der Waals surface area (Å²) in [5.74, 6) is 0.320. The van der Waals surface area contributed by atoms with Crippen LogP contribution in [0.3, 0.4) is 0 Å². The van der Waals surface area contributed by atoms with Crippen LogP contribution < -0.4 is 9.47 Å². The van der Waals surface area contributed by atoms with Crippen molar-refractivity contribution in [1.82, 2.24) is 0 Å². The third-order valence-corrected chi connectivity index (χ3v) is 4.49. The first-order valence-corrected chi connectivity index (χ1v) is 7.09. The quantitative estimate of drug-likeness (QED) is 0.734. The van der Waals surface area contributed by atoms with E-state index in [1.165, 1.54) is 30.7 Å². The summed E-state index contributed by atoms with van der Waals surface area (Å²) < 4.78 is 45.4. The van der Waals surface area contributed by atoms with Gasteiger partial charge in [0, 0.05) is 10.7 Å². The Hall–Kier alpha value is -0.910. The van der Waals surface area contributed by atoms with Crippen molar-refractivity contribution in [3.63, 3.8) is 0 Å². The highest BCUT2D eigenvalue weighted by atomic mass is 79.9. The summed E-state index contributed by atoms with van der Waals surface area (Å²) in [5, 5.41) is 0.884. The maximum absolute atomic E-state index is 12.0. The molecule has 0 N–H and O–H groups in total. The molecule has 1 aromatic rings. The maximum atomic E-state index is 12.0. The number of hydrogen-bond donors (Lipinski definition) is 0. The van der Waals surface area contributed by atoms with E-state index in [1.807, 2.05) is 0 Å². The minimum absolute atomic E-state index is 0.182. The summed E-state index contributed by atoms with van der Waals surface area (Å²) in [6, 6.07) is 5.48. The van der Waals surface area contributed by atoms with Gasteiger partial charge in [-0.05, 0) is 37.1 Å². The third-order valence-electron chi connectivity index (χ3n) is 3.30. The molecular formula is C13H14BrF3O2.